The second kappa shape index (κ2) is 7.62. The van der Waals surface area contributed by atoms with E-state index in [0.29, 0.717) is 5.92 Å². The Hall–Kier alpha value is -3.14. The SMILES string of the molecule is COc1ccccc1-c1ccc(C(=O)N2CCC(c3cccnc3)C2)cc1. The average Bonchev–Trinajstić information content (AvgIpc) is 3.24. The Kier molecular flexibility index (Phi) is 4.88. The number of methoxy groups -OCH3 is 1. The van der Waals surface area contributed by atoms with E-state index in [4.69, 9.17) is 4.74 Å². The summed E-state index contributed by atoms with van der Waals surface area (Å²) in [4.78, 5) is 19.0. The Morgan fingerprint density at radius 3 is 2.63 bits per heavy atom. The topological polar surface area (TPSA) is 42.4 Å². The first kappa shape index (κ1) is 17.3. The molecule has 0 radical (unpaired) electrons. The molecule has 27 heavy (non-hydrogen) atoms. The Bertz CT molecular complexity index is 923. The van der Waals surface area contributed by atoms with Gasteiger partial charge < -0.3 is 9.64 Å². The van der Waals surface area contributed by atoms with E-state index in [1.54, 1.807) is 13.3 Å². The second-order valence-corrected chi connectivity index (χ2v) is 6.80. The summed E-state index contributed by atoms with van der Waals surface area (Å²) in [6, 6.07) is 19.7. The first-order chi connectivity index (χ1) is 13.3. The largest absolute Gasteiger partial charge is 0.496 e. The van der Waals surface area contributed by atoms with Crippen LogP contribution in [0.2, 0.25) is 0 Å². The van der Waals surface area contributed by atoms with Crippen LogP contribution >= 0.6 is 0 Å². The number of likely N-dealkylation sites (tertiary alicyclic amines) is 1. The molecule has 1 fully saturated rings. The summed E-state index contributed by atoms with van der Waals surface area (Å²) < 4.78 is 5.43. The summed E-state index contributed by atoms with van der Waals surface area (Å²) in [5.74, 6) is 1.29. The average molecular weight is 358 g/mol. The number of carbonyl (C=O) groups is 1. The fourth-order valence-corrected chi connectivity index (χ4v) is 3.69. The van der Waals surface area contributed by atoms with Crippen LogP contribution in [0.3, 0.4) is 0 Å². The summed E-state index contributed by atoms with van der Waals surface area (Å²) in [6.07, 6.45) is 4.67. The van der Waals surface area contributed by atoms with Crippen molar-refractivity contribution in [1.82, 2.24) is 9.88 Å². The first-order valence-corrected chi connectivity index (χ1v) is 9.19. The molecule has 2 aromatic carbocycles. The molecule has 136 valence electrons. The van der Waals surface area contributed by atoms with E-state index in [1.165, 1.54) is 5.56 Å². The van der Waals surface area contributed by atoms with Gasteiger partial charge in [0.05, 0.1) is 7.11 Å². The lowest BCUT2D eigenvalue weighted by molar-refractivity contribution is 0.0791. The quantitative estimate of drug-likeness (QED) is 0.695. The Morgan fingerprint density at radius 2 is 1.89 bits per heavy atom. The van der Waals surface area contributed by atoms with Crippen LogP contribution in [0.4, 0.5) is 0 Å². The summed E-state index contributed by atoms with van der Waals surface area (Å²) in [5, 5.41) is 0. The van der Waals surface area contributed by atoms with Crippen molar-refractivity contribution < 1.29 is 9.53 Å². The third-order valence-corrected chi connectivity index (χ3v) is 5.18. The summed E-state index contributed by atoms with van der Waals surface area (Å²) in [7, 11) is 1.67. The number of aromatic nitrogens is 1. The number of pyridine rings is 1. The third-order valence-electron chi connectivity index (χ3n) is 5.18. The standard InChI is InChI=1S/C23H22N2O2/c1-27-22-7-3-2-6-21(22)17-8-10-18(11-9-17)23(26)25-14-12-20(16-25)19-5-4-13-24-15-19/h2-11,13,15,20H,12,14,16H2,1H3. The lowest BCUT2D eigenvalue weighted by Gasteiger charge is -2.17. The Labute approximate surface area is 159 Å². The van der Waals surface area contributed by atoms with Crippen LogP contribution in [0.25, 0.3) is 11.1 Å². The molecule has 4 nitrogen and oxygen atoms in total. The smallest absolute Gasteiger partial charge is 0.253 e. The molecule has 3 aromatic rings. The van der Waals surface area contributed by atoms with Gasteiger partial charge in [-0.2, -0.15) is 0 Å². The van der Waals surface area contributed by atoms with Gasteiger partial charge in [0.15, 0.2) is 0 Å². The lowest BCUT2D eigenvalue weighted by Crippen LogP contribution is -2.28. The van der Waals surface area contributed by atoms with E-state index >= 15 is 0 Å². The molecule has 0 N–H and O–H groups in total. The number of hydrogen-bond acceptors (Lipinski definition) is 3. The molecule has 1 unspecified atom stereocenters. The Balaban J connectivity index is 1.49. The molecular weight excluding hydrogens is 336 g/mol. The monoisotopic (exact) mass is 358 g/mol. The highest BCUT2D eigenvalue weighted by molar-refractivity contribution is 5.95. The van der Waals surface area contributed by atoms with Gasteiger partial charge in [0.25, 0.3) is 5.91 Å². The van der Waals surface area contributed by atoms with E-state index in [-0.39, 0.29) is 5.91 Å². The number of nitrogens with zero attached hydrogens (tertiary/aromatic N) is 2. The van der Waals surface area contributed by atoms with Gasteiger partial charge in [-0.25, -0.2) is 0 Å². The van der Waals surface area contributed by atoms with E-state index in [9.17, 15) is 4.79 Å². The van der Waals surface area contributed by atoms with Gasteiger partial charge >= 0.3 is 0 Å². The highest BCUT2D eigenvalue weighted by Gasteiger charge is 2.28. The van der Waals surface area contributed by atoms with Crippen molar-refractivity contribution in [3.63, 3.8) is 0 Å². The van der Waals surface area contributed by atoms with Crippen LogP contribution in [0.15, 0.2) is 73.1 Å². The minimum Gasteiger partial charge on any atom is -0.496 e. The normalized spacial score (nSPS) is 16.3. The molecule has 0 aliphatic carbocycles. The second-order valence-electron chi connectivity index (χ2n) is 6.80. The molecule has 4 rings (SSSR count). The summed E-state index contributed by atoms with van der Waals surface area (Å²) in [5.41, 5.74) is 4.00. The maximum atomic E-state index is 12.9. The minimum absolute atomic E-state index is 0.0907. The maximum absolute atomic E-state index is 12.9. The highest BCUT2D eigenvalue weighted by Crippen LogP contribution is 2.31. The number of ether oxygens (including phenoxy) is 1. The van der Waals surface area contributed by atoms with Crippen molar-refractivity contribution in [3.8, 4) is 16.9 Å². The van der Waals surface area contributed by atoms with Crippen LogP contribution in [0.1, 0.15) is 28.3 Å². The summed E-state index contributed by atoms with van der Waals surface area (Å²) in [6.45, 7) is 1.53. The van der Waals surface area contributed by atoms with Gasteiger partial charge in [0.2, 0.25) is 0 Å². The predicted molar refractivity (Wildman–Crippen MR) is 106 cm³/mol. The Morgan fingerprint density at radius 1 is 1.07 bits per heavy atom. The lowest BCUT2D eigenvalue weighted by atomic mass is 10.0. The molecule has 0 saturated carbocycles. The van der Waals surface area contributed by atoms with Crippen LogP contribution in [-0.4, -0.2) is 36.0 Å². The molecular formula is C23H22N2O2. The van der Waals surface area contributed by atoms with Crippen LogP contribution in [0, 0.1) is 0 Å². The van der Waals surface area contributed by atoms with Crippen molar-refractivity contribution >= 4 is 5.91 Å². The fraction of sp³-hybridized carbons (Fsp3) is 0.217. The van der Waals surface area contributed by atoms with Crippen molar-refractivity contribution in [3.05, 3.63) is 84.2 Å². The van der Waals surface area contributed by atoms with E-state index in [2.05, 4.69) is 11.1 Å². The van der Waals surface area contributed by atoms with Crippen molar-refractivity contribution in [1.29, 1.82) is 0 Å². The molecule has 0 spiro atoms. The van der Waals surface area contributed by atoms with Gasteiger partial charge in [-0.3, -0.25) is 9.78 Å². The van der Waals surface area contributed by atoms with Crippen LogP contribution < -0.4 is 4.74 Å². The van der Waals surface area contributed by atoms with Crippen molar-refractivity contribution in [2.24, 2.45) is 0 Å². The van der Waals surface area contributed by atoms with Crippen LogP contribution in [0.5, 0.6) is 5.75 Å². The van der Waals surface area contributed by atoms with Gasteiger partial charge in [-0.1, -0.05) is 36.4 Å². The molecule has 2 heterocycles. The van der Waals surface area contributed by atoms with E-state index in [1.807, 2.05) is 65.7 Å². The first-order valence-electron chi connectivity index (χ1n) is 9.19. The molecule has 1 aliphatic heterocycles. The molecule has 4 heteroatoms. The van der Waals surface area contributed by atoms with Gasteiger partial charge in [-0.05, 0) is 41.8 Å². The zero-order chi connectivity index (χ0) is 18.6. The molecule has 1 atom stereocenters. The van der Waals surface area contributed by atoms with Gasteiger partial charge in [0.1, 0.15) is 5.75 Å². The fourth-order valence-electron chi connectivity index (χ4n) is 3.69. The molecule has 1 amide bonds. The van der Waals surface area contributed by atoms with E-state index in [0.717, 1.165) is 42.0 Å². The van der Waals surface area contributed by atoms with Crippen molar-refractivity contribution in [2.75, 3.05) is 20.2 Å². The van der Waals surface area contributed by atoms with Gasteiger partial charge in [0, 0.05) is 42.5 Å². The third kappa shape index (κ3) is 3.56. The zero-order valence-corrected chi connectivity index (χ0v) is 15.3. The van der Waals surface area contributed by atoms with Crippen LogP contribution in [-0.2, 0) is 0 Å². The number of amides is 1. The number of hydrogen-bond donors (Lipinski definition) is 0. The molecule has 1 saturated heterocycles. The predicted octanol–water partition coefficient (Wildman–Crippen LogP) is 4.39. The maximum Gasteiger partial charge on any atom is 0.253 e. The number of rotatable bonds is 4. The van der Waals surface area contributed by atoms with Crippen molar-refractivity contribution in [2.45, 2.75) is 12.3 Å². The molecule has 0 bridgehead atoms. The minimum atomic E-state index is 0.0907. The van der Waals surface area contributed by atoms with E-state index < -0.39 is 0 Å². The number of para-hydroxylation sites is 1. The van der Waals surface area contributed by atoms with Gasteiger partial charge in [-0.15, -0.1) is 0 Å². The molecule has 1 aromatic heterocycles. The molecule has 1 aliphatic rings. The summed E-state index contributed by atoms with van der Waals surface area (Å²) >= 11 is 0. The number of carbonyl (C=O) groups excluding carboxylic acids is 1. The number of benzene rings is 2. The highest BCUT2D eigenvalue weighted by atomic mass is 16.5. The zero-order valence-electron chi connectivity index (χ0n) is 15.3.